The average Bonchev–Trinajstić information content (AvgIpc) is 3.11. The highest BCUT2D eigenvalue weighted by molar-refractivity contribution is 7.92. The summed E-state index contributed by atoms with van der Waals surface area (Å²) < 4.78 is 105. The number of hydrogen-bond acceptors (Lipinski definition) is 5. The van der Waals surface area contributed by atoms with E-state index in [1.54, 1.807) is 11.8 Å². The van der Waals surface area contributed by atoms with Crippen molar-refractivity contribution >= 4 is 38.1 Å². The first-order chi connectivity index (χ1) is 15.3. The fourth-order valence-corrected chi connectivity index (χ4v) is 5.55. The summed E-state index contributed by atoms with van der Waals surface area (Å²) in [4.78, 5) is -0.404. The number of anilines is 1. The Morgan fingerprint density at radius 1 is 0.971 bits per heavy atom. The van der Waals surface area contributed by atoms with Crippen LogP contribution in [0.2, 0.25) is 0 Å². The van der Waals surface area contributed by atoms with Crippen LogP contribution in [0, 0.1) is 5.82 Å². The molecule has 0 aliphatic rings. The van der Waals surface area contributed by atoms with Crippen molar-refractivity contribution in [3.8, 4) is 11.3 Å². The monoisotopic (exact) mass is 541 g/mol. The predicted octanol–water partition coefficient (Wildman–Crippen LogP) is 3.98. The van der Waals surface area contributed by atoms with Crippen LogP contribution in [0.1, 0.15) is 5.56 Å². The van der Waals surface area contributed by atoms with Crippen LogP contribution in [0.4, 0.5) is 23.2 Å². The maximum atomic E-state index is 14.4. The molecule has 0 atom stereocenters. The highest BCUT2D eigenvalue weighted by atomic mass is 35.5. The van der Waals surface area contributed by atoms with E-state index in [0.29, 0.717) is 5.56 Å². The lowest BCUT2D eigenvalue weighted by Gasteiger charge is -2.13. The standard InChI is InChI=1S/C20H19F4N3O4S2.ClH/c1-25-11-14-9-19(17-7-2-3-8-18(17)21)27(12-14)33(30,31)16-6-4-5-15(10-16)26-32(28,29)13-20(22,23)24;/h2-10,12,25-26H,11,13H2,1H3;1H. The van der Waals surface area contributed by atoms with Gasteiger partial charge in [0.1, 0.15) is 5.82 Å². The third kappa shape index (κ3) is 6.50. The second-order valence-electron chi connectivity index (χ2n) is 7.05. The van der Waals surface area contributed by atoms with Crippen LogP contribution in [0.25, 0.3) is 11.3 Å². The summed E-state index contributed by atoms with van der Waals surface area (Å²) >= 11 is 0. The lowest BCUT2D eigenvalue weighted by molar-refractivity contribution is -0.106. The molecule has 186 valence electrons. The van der Waals surface area contributed by atoms with Crippen molar-refractivity contribution < 1.29 is 34.4 Å². The van der Waals surface area contributed by atoms with Crippen LogP contribution in [0.15, 0.2) is 65.7 Å². The van der Waals surface area contributed by atoms with Gasteiger partial charge in [0.25, 0.3) is 10.0 Å². The zero-order valence-electron chi connectivity index (χ0n) is 17.5. The minimum absolute atomic E-state index is 0. The van der Waals surface area contributed by atoms with Crippen molar-refractivity contribution in [2.45, 2.75) is 17.6 Å². The first-order valence-electron chi connectivity index (χ1n) is 9.36. The molecule has 34 heavy (non-hydrogen) atoms. The summed E-state index contributed by atoms with van der Waals surface area (Å²) in [5.41, 5.74) is 0.212. The summed E-state index contributed by atoms with van der Waals surface area (Å²) in [6.07, 6.45) is -3.69. The number of nitrogens with zero attached hydrogens (tertiary/aromatic N) is 1. The minimum atomic E-state index is -4.97. The Balaban J connectivity index is 0.00000408. The number of nitrogens with one attached hydrogen (secondary N) is 2. The highest BCUT2D eigenvalue weighted by Gasteiger charge is 2.35. The van der Waals surface area contributed by atoms with E-state index in [1.165, 1.54) is 42.6 Å². The molecule has 0 saturated heterocycles. The van der Waals surface area contributed by atoms with E-state index >= 15 is 0 Å². The molecule has 1 aromatic heterocycles. The smallest absolute Gasteiger partial charge is 0.316 e. The van der Waals surface area contributed by atoms with Gasteiger partial charge in [-0.1, -0.05) is 18.2 Å². The zero-order chi connectivity index (χ0) is 24.4. The van der Waals surface area contributed by atoms with Gasteiger partial charge in [0.2, 0.25) is 10.0 Å². The van der Waals surface area contributed by atoms with Gasteiger partial charge in [-0.3, -0.25) is 4.72 Å². The Kier molecular flexibility index (Phi) is 8.40. The number of alkyl halides is 3. The molecule has 0 radical (unpaired) electrons. The van der Waals surface area contributed by atoms with E-state index in [9.17, 15) is 34.4 Å². The molecule has 0 bridgehead atoms. The molecule has 0 unspecified atom stereocenters. The van der Waals surface area contributed by atoms with Crippen molar-refractivity contribution in [2.75, 3.05) is 17.5 Å². The van der Waals surface area contributed by atoms with Crippen molar-refractivity contribution in [1.29, 1.82) is 0 Å². The molecule has 14 heteroatoms. The van der Waals surface area contributed by atoms with Gasteiger partial charge in [-0.2, -0.15) is 13.2 Å². The van der Waals surface area contributed by atoms with Crippen LogP contribution >= 0.6 is 12.4 Å². The number of aromatic nitrogens is 1. The van der Waals surface area contributed by atoms with E-state index in [1.807, 2.05) is 0 Å². The molecule has 0 spiro atoms. The maximum absolute atomic E-state index is 14.4. The van der Waals surface area contributed by atoms with Gasteiger partial charge in [-0.05, 0) is 49.0 Å². The molecule has 2 aromatic carbocycles. The Hall–Kier alpha value is -2.61. The van der Waals surface area contributed by atoms with E-state index in [0.717, 1.165) is 22.2 Å². The maximum Gasteiger partial charge on any atom is 0.404 e. The second-order valence-corrected chi connectivity index (χ2v) is 10.6. The highest BCUT2D eigenvalue weighted by Crippen LogP contribution is 2.30. The number of hydrogen-bond donors (Lipinski definition) is 2. The quantitative estimate of drug-likeness (QED) is 0.421. The summed E-state index contributed by atoms with van der Waals surface area (Å²) in [6, 6.07) is 11.4. The number of sulfonamides is 1. The number of halogens is 5. The molecule has 0 aliphatic heterocycles. The van der Waals surface area contributed by atoms with Crippen molar-refractivity contribution in [2.24, 2.45) is 0 Å². The van der Waals surface area contributed by atoms with Gasteiger partial charge in [-0.25, -0.2) is 25.2 Å². The summed E-state index contributed by atoms with van der Waals surface area (Å²) in [5.74, 6) is -2.78. The number of benzene rings is 2. The molecule has 1 heterocycles. The van der Waals surface area contributed by atoms with Crippen molar-refractivity contribution in [1.82, 2.24) is 9.29 Å². The fourth-order valence-electron chi connectivity index (χ4n) is 3.13. The Labute approximate surface area is 200 Å². The number of rotatable bonds is 8. The van der Waals surface area contributed by atoms with E-state index in [-0.39, 0.29) is 35.9 Å². The molecular formula is C20H20ClF4N3O4S2. The molecule has 0 amide bonds. The van der Waals surface area contributed by atoms with E-state index in [4.69, 9.17) is 0 Å². The van der Waals surface area contributed by atoms with Crippen LogP contribution in [0.5, 0.6) is 0 Å². The van der Waals surface area contributed by atoms with E-state index < -0.39 is 42.7 Å². The fraction of sp³-hybridized carbons (Fsp3) is 0.200. The molecule has 0 fully saturated rings. The average molecular weight is 542 g/mol. The van der Waals surface area contributed by atoms with Gasteiger partial charge in [-0.15, -0.1) is 12.4 Å². The molecule has 0 saturated carbocycles. The molecule has 3 rings (SSSR count). The van der Waals surface area contributed by atoms with Crippen LogP contribution < -0.4 is 10.0 Å². The minimum Gasteiger partial charge on any atom is -0.316 e. The molecular weight excluding hydrogens is 522 g/mol. The Morgan fingerprint density at radius 2 is 1.65 bits per heavy atom. The van der Waals surface area contributed by atoms with Crippen LogP contribution in [-0.4, -0.2) is 39.8 Å². The van der Waals surface area contributed by atoms with Crippen LogP contribution in [0.3, 0.4) is 0 Å². The molecule has 2 N–H and O–H groups in total. The molecule has 0 aliphatic carbocycles. The zero-order valence-corrected chi connectivity index (χ0v) is 20.0. The van der Waals surface area contributed by atoms with Crippen LogP contribution in [-0.2, 0) is 26.6 Å². The summed E-state index contributed by atoms with van der Waals surface area (Å²) in [7, 11) is -7.55. The van der Waals surface area contributed by atoms with Gasteiger partial charge in [0, 0.05) is 24.0 Å². The van der Waals surface area contributed by atoms with Crippen molar-refractivity contribution in [3.63, 3.8) is 0 Å². The first kappa shape index (κ1) is 27.6. The predicted molar refractivity (Wildman–Crippen MR) is 122 cm³/mol. The van der Waals surface area contributed by atoms with Gasteiger partial charge < -0.3 is 5.32 Å². The Bertz CT molecular complexity index is 1370. The largest absolute Gasteiger partial charge is 0.404 e. The normalized spacial score (nSPS) is 12.3. The van der Waals surface area contributed by atoms with Crippen molar-refractivity contribution in [3.05, 3.63) is 72.2 Å². The van der Waals surface area contributed by atoms with Gasteiger partial charge >= 0.3 is 6.18 Å². The van der Waals surface area contributed by atoms with Gasteiger partial charge in [0.15, 0.2) is 5.75 Å². The van der Waals surface area contributed by atoms with Gasteiger partial charge in [0.05, 0.1) is 10.6 Å². The van der Waals surface area contributed by atoms with E-state index in [2.05, 4.69) is 5.32 Å². The third-order valence-electron chi connectivity index (χ3n) is 4.39. The molecule has 7 nitrogen and oxygen atoms in total. The SMILES string of the molecule is CNCc1cc(-c2ccccc2F)n(S(=O)(=O)c2cccc(NS(=O)(=O)CC(F)(F)F)c2)c1.Cl. The summed E-state index contributed by atoms with van der Waals surface area (Å²) in [6.45, 7) is 0.279. The summed E-state index contributed by atoms with van der Waals surface area (Å²) in [5, 5.41) is 2.86. The first-order valence-corrected chi connectivity index (χ1v) is 12.5. The topological polar surface area (TPSA) is 97.3 Å². The molecule has 3 aromatic rings. The lowest BCUT2D eigenvalue weighted by atomic mass is 10.1. The third-order valence-corrected chi connectivity index (χ3v) is 7.31. The lowest BCUT2D eigenvalue weighted by Crippen LogP contribution is -2.28. The Morgan fingerprint density at radius 3 is 2.26 bits per heavy atom. The second kappa shape index (κ2) is 10.3.